The van der Waals surface area contributed by atoms with Gasteiger partial charge in [0.25, 0.3) is 0 Å². The molecule has 2 amide bonds. The van der Waals surface area contributed by atoms with Gasteiger partial charge < -0.3 is 15.0 Å². The van der Waals surface area contributed by atoms with Crippen LogP contribution in [0.2, 0.25) is 5.02 Å². The van der Waals surface area contributed by atoms with Crippen LogP contribution in [0.3, 0.4) is 0 Å². The number of benzene rings is 1. The second kappa shape index (κ2) is 5.71. The van der Waals surface area contributed by atoms with Gasteiger partial charge in [-0.15, -0.1) is 0 Å². The van der Waals surface area contributed by atoms with Crippen molar-refractivity contribution in [1.82, 2.24) is 4.90 Å². The van der Waals surface area contributed by atoms with E-state index in [9.17, 15) is 4.79 Å². The van der Waals surface area contributed by atoms with Gasteiger partial charge >= 0.3 is 6.03 Å². The molecule has 1 saturated heterocycles. The summed E-state index contributed by atoms with van der Waals surface area (Å²) in [5, 5.41) is 12.1. The Labute approximate surface area is 110 Å². The zero-order valence-corrected chi connectivity index (χ0v) is 10.4. The van der Waals surface area contributed by atoms with E-state index in [4.69, 9.17) is 21.6 Å². The minimum atomic E-state index is -0.239. The number of nitrogens with zero attached hydrogens (tertiary/aromatic N) is 2. The van der Waals surface area contributed by atoms with Crippen molar-refractivity contribution in [1.29, 1.82) is 5.26 Å². The minimum absolute atomic E-state index is 0.239. The number of rotatable bonds is 1. The summed E-state index contributed by atoms with van der Waals surface area (Å²) >= 11 is 5.85. The van der Waals surface area contributed by atoms with Crippen LogP contribution in [0.15, 0.2) is 18.2 Å². The first kappa shape index (κ1) is 12.7. The number of morpholine rings is 1. The number of urea groups is 1. The highest BCUT2D eigenvalue weighted by molar-refractivity contribution is 6.31. The Hall–Kier alpha value is -1.77. The third-order valence-corrected chi connectivity index (χ3v) is 2.88. The van der Waals surface area contributed by atoms with E-state index in [1.165, 1.54) is 0 Å². The molecule has 0 spiro atoms. The van der Waals surface area contributed by atoms with E-state index in [0.29, 0.717) is 42.6 Å². The zero-order chi connectivity index (χ0) is 13.0. The molecule has 5 nitrogen and oxygen atoms in total. The highest BCUT2D eigenvalue weighted by Crippen LogP contribution is 2.20. The topological polar surface area (TPSA) is 65.4 Å². The minimum Gasteiger partial charge on any atom is -0.378 e. The first-order chi connectivity index (χ1) is 8.70. The molecule has 94 valence electrons. The number of nitriles is 1. The summed E-state index contributed by atoms with van der Waals surface area (Å²) < 4.78 is 5.17. The number of anilines is 1. The van der Waals surface area contributed by atoms with Crippen LogP contribution in [-0.4, -0.2) is 37.2 Å². The Balaban J connectivity index is 2.11. The predicted octanol–water partition coefficient (Wildman–Crippen LogP) is 2.08. The molecule has 0 bridgehead atoms. The summed E-state index contributed by atoms with van der Waals surface area (Å²) in [6.45, 7) is 2.17. The Morgan fingerprint density at radius 1 is 1.44 bits per heavy atom. The maximum Gasteiger partial charge on any atom is 0.322 e. The second-order valence-electron chi connectivity index (χ2n) is 3.83. The molecular formula is C12H12ClN3O2. The van der Waals surface area contributed by atoms with Gasteiger partial charge in [0.2, 0.25) is 0 Å². The van der Waals surface area contributed by atoms with Crippen LogP contribution < -0.4 is 5.32 Å². The highest BCUT2D eigenvalue weighted by atomic mass is 35.5. The van der Waals surface area contributed by atoms with Gasteiger partial charge in [0, 0.05) is 18.1 Å². The van der Waals surface area contributed by atoms with Gasteiger partial charge in [-0.25, -0.2) is 4.79 Å². The lowest BCUT2D eigenvalue weighted by Gasteiger charge is -2.27. The molecule has 0 aliphatic carbocycles. The van der Waals surface area contributed by atoms with Gasteiger partial charge in [-0.05, 0) is 18.2 Å². The van der Waals surface area contributed by atoms with Crippen molar-refractivity contribution in [2.45, 2.75) is 0 Å². The van der Waals surface area contributed by atoms with Crippen LogP contribution in [0.4, 0.5) is 10.5 Å². The lowest BCUT2D eigenvalue weighted by Crippen LogP contribution is -2.43. The van der Waals surface area contributed by atoms with E-state index in [0.717, 1.165) is 0 Å². The first-order valence-electron chi connectivity index (χ1n) is 5.54. The molecule has 0 unspecified atom stereocenters. The first-order valence-corrected chi connectivity index (χ1v) is 5.92. The molecule has 2 rings (SSSR count). The molecule has 1 aromatic rings. The Bertz CT molecular complexity index is 493. The fourth-order valence-electron chi connectivity index (χ4n) is 1.68. The molecule has 6 heteroatoms. The number of nitrogens with one attached hydrogen (secondary N) is 1. The van der Waals surface area contributed by atoms with Crippen molar-refractivity contribution in [3.63, 3.8) is 0 Å². The smallest absolute Gasteiger partial charge is 0.322 e. The van der Waals surface area contributed by atoms with E-state index in [1.54, 1.807) is 23.1 Å². The lowest BCUT2D eigenvalue weighted by atomic mass is 10.2. The number of ether oxygens (including phenoxy) is 1. The fourth-order valence-corrected chi connectivity index (χ4v) is 1.85. The van der Waals surface area contributed by atoms with Crippen LogP contribution in [0.1, 0.15) is 5.56 Å². The summed E-state index contributed by atoms with van der Waals surface area (Å²) in [6.07, 6.45) is 0. The SMILES string of the molecule is N#Cc1ccc(Cl)cc1NC(=O)N1CCOCC1. The molecule has 1 N–H and O–H groups in total. The average molecular weight is 266 g/mol. The number of amides is 2. The molecule has 1 aliphatic heterocycles. The monoisotopic (exact) mass is 265 g/mol. The van der Waals surface area contributed by atoms with Crippen LogP contribution in [0.5, 0.6) is 0 Å². The van der Waals surface area contributed by atoms with Crippen molar-refractivity contribution >= 4 is 23.3 Å². The molecule has 0 atom stereocenters. The van der Waals surface area contributed by atoms with E-state index in [1.807, 2.05) is 6.07 Å². The van der Waals surface area contributed by atoms with E-state index < -0.39 is 0 Å². The molecular weight excluding hydrogens is 254 g/mol. The third-order valence-electron chi connectivity index (χ3n) is 2.64. The van der Waals surface area contributed by atoms with Crippen molar-refractivity contribution in [2.24, 2.45) is 0 Å². The normalized spacial score (nSPS) is 15.0. The maximum atomic E-state index is 12.0. The molecule has 1 aromatic carbocycles. The zero-order valence-electron chi connectivity index (χ0n) is 9.65. The standard InChI is InChI=1S/C12H12ClN3O2/c13-10-2-1-9(8-14)11(7-10)15-12(17)16-3-5-18-6-4-16/h1-2,7H,3-6H2,(H,15,17). The third kappa shape index (κ3) is 2.92. The van der Waals surface area contributed by atoms with E-state index in [2.05, 4.69) is 5.32 Å². The van der Waals surface area contributed by atoms with Crippen LogP contribution in [-0.2, 0) is 4.74 Å². The van der Waals surface area contributed by atoms with Gasteiger partial charge in [-0.2, -0.15) is 5.26 Å². The average Bonchev–Trinajstić information content (AvgIpc) is 2.40. The van der Waals surface area contributed by atoms with Gasteiger partial charge in [-0.1, -0.05) is 11.6 Å². The summed E-state index contributed by atoms with van der Waals surface area (Å²) in [4.78, 5) is 13.6. The number of hydrogen-bond donors (Lipinski definition) is 1. The largest absolute Gasteiger partial charge is 0.378 e. The molecule has 1 heterocycles. The molecule has 1 fully saturated rings. The van der Waals surface area contributed by atoms with Crippen molar-refractivity contribution in [3.05, 3.63) is 28.8 Å². The van der Waals surface area contributed by atoms with Crippen molar-refractivity contribution in [2.75, 3.05) is 31.6 Å². The van der Waals surface area contributed by atoms with Crippen LogP contribution in [0.25, 0.3) is 0 Å². The highest BCUT2D eigenvalue weighted by Gasteiger charge is 2.17. The number of hydrogen-bond acceptors (Lipinski definition) is 3. The maximum absolute atomic E-state index is 12.0. The summed E-state index contributed by atoms with van der Waals surface area (Å²) in [7, 11) is 0. The Morgan fingerprint density at radius 2 is 2.17 bits per heavy atom. The van der Waals surface area contributed by atoms with Crippen LogP contribution >= 0.6 is 11.6 Å². The quantitative estimate of drug-likeness (QED) is 0.845. The summed E-state index contributed by atoms with van der Waals surface area (Å²) in [6, 6.07) is 6.54. The van der Waals surface area contributed by atoms with Gasteiger partial charge in [0.1, 0.15) is 6.07 Å². The van der Waals surface area contributed by atoms with Crippen molar-refractivity contribution < 1.29 is 9.53 Å². The van der Waals surface area contributed by atoms with E-state index in [-0.39, 0.29) is 6.03 Å². The molecule has 0 aromatic heterocycles. The van der Waals surface area contributed by atoms with E-state index >= 15 is 0 Å². The lowest BCUT2D eigenvalue weighted by molar-refractivity contribution is 0.0564. The Kier molecular flexibility index (Phi) is 4.03. The van der Waals surface area contributed by atoms with Gasteiger partial charge in [0.15, 0.2) is 0 Å². The predicted molar refractivity (Wildman–Crippen MR) is 67.6 cm³/mol. The number of halogens is 1. The summed E-state index contributed by atoms with van der Waals surface area (Å²) in [5.74, 6) is 0. The van der Waals surface area contributed by atoms with Gasteiger partial charge in [-0.3, -0.25) is 0 Å². The fraction of sp³-hybridized carbons (Fsp3) is 0.333. The van der Waals surface area contributed by atoms with Gasteiger partial charge in [0.05, 0.1) is 24.5 Å². The van der Waals surface area contributed by atoms with Crippen LogP contribution in [0, 0.1) is 11.3 Å². The second-order valence-corrected chi connectivity index (χ2v) is 4.27. The van der Waals surface area contributed by atoms with Crippen molar-refractivity contribution in [3.8, 4) is 6.07 Å². The molecule has 0 radical (unpaired) electrons. The Morgan fingerprint density at radius 3 is 2.83 bits per heavy atom. The molecule has 1 aliphatic rings. The molecule has 18 heavy (non-hydrogen) atoms. The number of carbonyl (C=O) groups excluding carboxylic acids is 1. The molecule has 0 saturated carbocycles. The summed E-state index contributed by atoms with van der Waals surface area (Å²) in [5.41, 5.74) is 0.822. The number of carbonyl (C=O) groups is 1.